The molecule has 2 heterocycles. The summed E-state index contributed by atoms with van der Waals surface area (Å²) >= 11 is 0. The van der Waals surface area contributed by atoms with Crippen molar-refractivity contribution in [2.75, 3.05) is 18.4 Å². The number of hydrogen-bond donors (Lipinski definition) is 1. The topological polar surface area (TPSA) is 71.5 Å². The first-order valence-corrected chi connectivity index (χ1v) is 9.43. The average molecular weight is 397 g/mol. The second-order valence-electron chi connectivity index (χ2n) is 7.17. The van der Waals surface area contributed by atoms with E-state index in [2.05, 4.69) is 16.9 Å². The molecule has 152 valence electrons. The van der Waals surface area contributed by atoms with Gasteiger partial charge < -0.3 is 15.0 Å². The third-order valence-corrected chi connectivity index (χ3v) is 4.99. The molecule has 0 aliphatic carbocycles. The lowest BCUT2D eigenvalue weighted by Crippen LogP contribution is -2.50. The number of halogens is 1. The number of ether oxygens (including phenoxy) is 1. The largest absolute Gasteiger partial charge is 0.455 e. The predicted molar refractivity (Wildman–Crippen MR) is 109 cm³/mol. The van der Waals surface area contributed by atoms with Crippen LogP contribution in [0.3, 0.4) is 0 Å². The average Bonchev–Trinajstić information content (AvgIpc) is 2.71. The lowest BCUT2D eigenvalue weighted by molar-refractivity contribution is -0.136. The van der Waals surface area contributed by atoms with Gasteiger partial charge in [0.25, 0.3) is 5.91 Å². The van der Waals surface area contributed by atoms with Crippen molar-refractivity contribution in [2.24, 2.45) is 0 Å². The minimum Gasteiger partial charge on any atom is -0.455 e. The van der Waals surface area contributed by atoms with Gasteiger partial charge in [0.1, 0.15) is 11.5 Å². The molecule has 0 spiro atoms. The highest BCUT2D eigenvalue weighted by molar-refractivity contribution is 5.97. The first kappa shape index (κ1) is 20.5. The maximum absolute atomic E-state index is 15.1. The maximum Gasteiger partial charge on any atom is 0.262 e. The minimum atomic E-state index is -2.01. The molecule has 1 fully saturated rings. The van der Waals surface area contributed by atoms with E-state index in [4.69, 9.17) is 4.74 Å². The molecule has 7 heteroatoms. The number of aryl methyl sites for hydroxylation is 2. The van der Waals surface area contributed by atoms with Gasteiger partial charge in [0.2, 0.25) is 5.91 Å². The summed E-state index contributed by atoms with van der Waals surface area (Å²) in [7, 11) is 0. The monoisotopic (exact) mass is 397 g/mol. The molecule has 6 nitrogen and oxygen atoms in total. The van der Waals surface area contributed by atoms with Crippen LogP contribution in [0.4, 0.5) is 10.1 Å². The fraction of sp³-hybridized carbons (Fsp3) is 0.318. The van der Waals surface area contributed by atoms with Crippen LogP contribution in [0.2, 0.25) is 0 Å². The second kappa shape index (κ2) is 8.43. The van der Waals surface area contributed by atoms with Gasteiger partial charge in [0, 0.05) is 37.3 Å². The van der Waals surface area contributed by atoms with Crippen molar-refractivity contribution in [3.8, 4) is 11.5 Å². The number of anilines is 1. The highest BCUT2D eigenvalue weighted by Crippen LogP contribution is 2.30. The van der Waals surface area contributed by atoms with Crippen LogP contribution in [0.25, 0.3) is 0 Å². The van der Waals surface area contributed by atoms with Gasteiger partial charge in [-0.05, 0) is 55.8 Å². The van der Waals surface area contributed by atoms with Crippen molar-refractivity contribution >= 4 is 17.5 Å². The van der Waals surface area contributed by atoms with Crippen molar-refractivity contribution in [1.29, 1.82) is 0 Å². The van der Waals surface area contributed by atoms with Crippen LogP contribution in [0, 0.1) is 13.8 Å². The molecule has 29 heavy (non-hydrogen) atoms. The number of amides is 2. The van der Waals surface area contributed by atoms with E-state index in [1.807, 2.05) is 26.0 Å². The van der Waals surface area contributed by atoms with Crippen LogP contribution in [0.5, 0.6) is 11.5 Å². The molecule has 1 aromatic carbocycles. The van der Waals surface area contributed by atoms with E-state index in [9.17, 15) is 9.59 Å². The Bertz CT molecular complexity index is 919. The van der Waals surface area contributed by atoms with Gasteiger partial charge >= 0.3 is 0 Å². The third kappa shape index (κ3) is 4.80. The molecule has 2 aromatic rings. The van der Waals surface area contributed by atoms with Gasteiger partial charge in [-0.2, -0.15) is 0 Å². The lowest BCUT2D eigenvalue weighted by Gasteiger charge is -2.34. The van der Waals surface area contributed by atoms with Crippen LogP contribution in [0.15, 0.2) is 49.2 Å². The summed E-state index contributed by atoms with van der Waals surface area (Å²) in [5.41, 5.74) is 0.173. The summed E-state index contributed by atoms with van der Waals surface area (Å²) in [4.78, 5) is 29.8. The van der Waals surface area contributed by atoms with Crippen molar-refractivity contribution in [1.82, 2.24) is 9.88 Å². The van der Waals surface area contributed by atoms with Crippen molar-refractivity contribution in [3.63, 3.8) is 0 Å². The molecule has 1 saturated heterocycles. The normalized spacial score (nSPS) is 15.5. The summed E-state index contributed by atoms with van der Waals surface area (Å²) in [6.45, 7) is 7.54. The number of alkyl halides is 1. The molecule has 1 aliphatic heterocycles. The first-order valence-electron chi connectivity index (χ1n) is 9.43. The van der Waals surface area contributed by atoms with E-state index in [0.29, 0.717) is 17.2 Å². The fourth-order valence-corrected chi connectivity index (χ4v) is 3.16. The molecule has 2 amide bonds. The molecular weight excluding hydrogens is 373 g/mol. The van der Waals surface area contributed by atoms with Crippen LogP contribution >= 0.6 is 0 Å². The number of hydrogen-bond acceptors (Lipinski definition) is 4. The Morgan fingerprint density at radius 3 is 2.55 bits per heavy atom. The van der Waals surface area contributed by atoms with Crippen LogP contribution < -0.4 is 10.1 Å². The maximum atomic E-state index is 15.1. The van der Waals surface area contributed by atoms with Crippen molar-refractivity contribution in [3.05, 3.63) is 60.4 Å². The molecule has 1 aliphatic rings. The summed E-state index contributed by atoms with van der Waals surface area (Å²) in [5, 5.41) is 2.64. The molecule has 0 bridgehead atoms. The lowest BCUT2D eigenvalue weighted by atomic mass is 9.92. The number of nitrogens with zero attached hydrogens (tertiary/aromatic N) is 2. The van der Waals surface area contributed by atoms with Gasteiger partial charge in [0.15, 0.2) is 5.67 Å². The number of pyridine rings is 1. The third-order valence-electron chi connectivity index (χ3n) is 4.99. The molecule has 1 aromatic heterocycles. The Hall–Kier alpha value is -3.22. The van der Waals surface area contributed by atoms with Gasteiger partial charge in [-0.1, -0.05) is 6.58 Å². The number of benzene rings is 1. The summed E-state index contributed by atoms with van der Waals surface area (Å²) in [5.74, 6) is 0.292. The Kier molecular flexibility index (Phi) is 5.96. The van der Waals surface area contributed by atoms with Crippen molar-refractivity contribution in [2.45, 2.75) is 32.4 Å². The molecular formula is C22H24FN3O3. The zero-order valence-electron chi connectivity index (χ0n) is 16.6. The van der Waals surface area contributed by atoms with E-state index in [0.717, 1.165) is 11.3 Å². The highest BCUT2D eigenvalue weighted by atomic mass is 19.1. The molecule has 0 atom stereocenters. The summed E-state index contributed by atoms with van der Waals surface area (Å²) < 4.78 is 20.9. The SMILES string of the molecule is C=CC(=O)N1CCC(F)(C(=O)Nc2ccc(Oc3ccc(C)nc3)c(C)c2)CC1. The van der Waals surface area contributed by atoms with Crippen molar-refractivity contribution < 1.29 is 18.7 Å². The molecule has 0 saturated carbocycles. The highest BCUT2D eigenvalue weighted by Gasteiger charge is 2.42. The van der Waals surface area contributed by atoms with Gasteiger partial charge in [-0.3, -0.25) is 14.6 Å². The van der Waals surface area contributed by atoms with Crippen LogP contribution in [-0.2, 0) is 9.59 Å². The number of carbonyl (C=O) groups excluding carboxylic acids is 2. The van der Waals surface area contributed by atoms with E-state index in [1.54, 1.807) is 24.4 Å². The van der Waals surface area contributed by atoms with Crippen LogP contribution in [0.1, 0.15) is 24.1 Å². The standard InChI is InChI=1S/C22H24FN3O3/c1-4-20(27)26-11-9-22(23,10-12-26)21(28)25-17-6-8-19(15(2)13-17)29-18-7-5-16(3)24-14-18/h4-8,13-14H,1,9-12H2,2-3H3,(H,25,28). The minimum absolute atomic E-state index is 0.0426. The zero-order valence-corrected chi connectivity index (χ0v) is 16.6. The van der Waals surface area contributed by atoms with E-state index >= 15 is 4.39 Å². The molecule has 0 radical (unpaired) electrons. The van der Waals surface area contributed by atoms with Gasteiger partial charge in [-0.15, -0.1) is 0 Å². The predicted octanol–water partition coefficient (Wildman–Crippen LogP) is 3.95. The number of aromatic nitrogens is 1. The number of likely N-dealkylation sites (tertiary alicyclic amines) is 1. The quantitative estimate of drug-likeness (QED) is 0.776. The fourth-order valence-electron chi connectivity index (χ4n) is 3.16. The summed E-state index contributed by atoms with van der Waals surface area (Å²) in [6, 6.07) is 8.80. The van der Waals surface area contributed by atoms with E-state index in [-0.39, 0.29) is 31.8 Å². The molecule has 3 rings (SSSR count). The smallest absolute Gasteiger partial charge is 0.262 e. The number of piperidine rings is 1. The number of nitrogens with one attached hydrogen (secondary N) is 1. The summed E-state index contributed by atoms with van der Waals surface area (Å²) in [6.07, 6.45) is 2.75. The zero-order chi connectivity index (χ0) is 21.0. The Balaban J connectivity index is 1.63. The van der Waals surface area contributed by atoms with Gasteiger partial charge in [-0.25, -0.2) is 4.39 Å². The number of rotatable bonds is 5. The molecule has 0 unspecified atom stereocenters. The van der Waals surface area contributed by atoms with E-state index < -0.39 is 11.6 Å². The molecule has 1 N–H and O–H groups in total. The number of carbonyl (C=O) groups is 2. The Morgan fingerprint density at radius 2 is 1.97 bits per heavy atom. The van der Waals surface area contributed by atoms with Gasteiger partial charge in [0.05, 0.1) is 6.20 Å². The Morgan fingerprint density at radius 1 is 1.24 bits per heavy atom. The van der Waals surface area contributed by atoms with Crippen LogP contribution in [-0.4, -0.2) is 40.5 Å². The first-order chi connectivity index (χ1) is 13.8. The second-order valence-corrected chi connectivity index (χ2v) is 7.17. The van der Waals surface area contributed by atoms with E-state index in [1.165, 1.54) is 11.0 Å². The Labute approximate surface area is 169 Å².